The first kappa shape index (κ1) is 21.4. The second-order valence-corrected chi connectivity index (χ2v) is 8.40. The van der Waals surface area contributed by atoms with Gasteiger partial charge in [0.1, 0.15) is 5.65 Å². The fourth-order valence-electron chi connectivity index (χ4n) is 3.88. The molecule has 6 heteroatoms. The third kappa shape index (κ3) is 4.92. The Morgan fingerprint density at radius 2 is 1.90 bits per heavy atom. The number of amides is 1. The molecule has 2 heterocycles. The summed E-state index contributed by atoms with van der Waals surface area (Å²) in [4.78, 5) is 17.4. The summed E-state index contributed by atoms with van der Waals surface area (Å²) in [5, 5.41) is 4.26. The number of halogens is 2. The minimum Gasteiger partial charge on any atom is -0.356 e. The SMILES string of the molecule is Cc1ccccc1C(CC(=O)NCCc1ccc(Cl)cc1Cl)c1cnc2ccccn12. The number of hydrogen-bond acceptors (Lipinski definition) is 2. The fraction of sp³-hybridized carbons (Fsp3) is 0.200. The van der Waals surface area contributed by atoms with Crippen LogP contribution in [0.4, 0.5) is 0 Å². The van der Waals surface area contributed by atoms with Gasteiger partial charge in [-0.2, -0.15) is 0 Å². The fourth-order valence-corrected chi connectivity index (χ4v) is 4.38. The van der Waals surface area contributed by atoms with Crippen molar-refractivity contribution in [1.82, 2.24) is 14.7 Å². The van der Waals surface area contributed by atoms with Crippen molar-refractivity contribution in [3.8, 4) is 0 Å². The van der Waals surface area contributed by atoms with Gasteiger partial charge >= 0.3 is 0 Å². The monoisotopic (exact) mass is 451 g/mol. The van der Waals surface area contributed by atoms with Crippen molar-refractivity contribution in [3.05, 3.63) is 105 Å². The number of carbonyl (C=O) groups excluding carboxylic acids is 1. The number of pyridine rings is 1. The molecular formula is C25H23Cl2N3O. The van der Waals surface area contributed by atoms with Crippen LogP contribution in [0, 0.1) is 6.92 Å². The Kier molecular flexibility index (Phi) is 6.59. The zero-order valence-corrected chi connectivity index (χ0v) is 18.7. The van der Waals surface area contributed by atoms with Gasteiger partial charge < -0.3 is 9.72 Å². The van der Waals surface area contributed by atoms with E-state index >= 15 is 0 Å². The van der Waals surface area contributed by atoms with Crippen molar-refractivity contribution in [3.63, 3.8) is 0 Å². The summed E-state index contributed by atoms with van der Waals surface area (Å²) in [6.45, 7) is 2.58. The third-order valence-electron chi connectivity index (χ3n) is 5.49. The first-order chi connectivity index (χ1) is 15.0. The lowest BCUT2D eigenvalue weighted by molar-refractivity contribution is -0.121. The molecule has 1 amide bonds. The molecule has 0 spiro atoms. The Bertz CT molecular complexity index is 1220. The van der Waals surface area contributed by atoms with Crippen molar-refractivity contribution >= 4 is 34.8 Å². The number of aromatic nitrogens is 2. The highest BCUT2D eigenvalue weighted by molar-refractivity contribution is 6.35. The van der Waals surface area contributed by atoms with E-state index in [4.69, 9.17) is 23.2 Å². The van der Waals surface area contributed by atoms with Crippen LogP contribution in [0.3, 0.4) is 0 Å². The Morgan fingerprint density at radius 1 is 1.10 bits per heavy atom. The molecule has 1 atom stereocenters. The lowest BCUT2D eigenvalue weighted by atomic mass is 9.89. The third-order valence-corrected chi connectivity index (χ3v) is 6.07. The molecule has 4 nitrogen and oxygen atoms in total. The van der Waals surface area contributed by atoms with E-state index in [0.29, 0.717) is 29.4 Å². The molecule has 2 aromatic carbocycles. The topological polar surface area (TPSA) is 46.4 Å². The van der Waals surface area contributed by atoms with Gasteiger partial charge in [-0.15, -0.1) is 0 Å². The quantitative estimate of drug-likeness (QED) is 0.384. The van der Waals surface area contributed by atoms with Gasteiger partial charge in [0.25, 0.3) is 0 Å². The second kappa shape index (κ2) is 9.54. The molecule has 0 bridgehead atoms. The number of carbonyl (C=O) groups is 1. The summed E-state index contributed by atoms with van der Waals surface area (Å²) in [5.74, 6) is -0.109. The molecule has 1 unspecified atom stereocenters. The first-order valence-electron chi connectivity index (χ1n) is 10.2. The molecule has 31 heavy (non-hydrogen) atoms. The van der Waals surface area contributed by atoms with Gasteiger partial charge in [-0.3, -0.25) is 4.79 Å². The number of fused-ring (bicyclic) bond motifs is 1. The molecule has 0 fully saturated rings. The maximum atomic E-state index is 12.9. The van der Waals surface area contributed by atoms with E-state index in [-0.39, 0.29) is 11.8 Å². The maximum absolute atomic E-state index is 12.9. The summed E-state index contributed by atoms with van der Waals surface area (Å²) < 4.78 is 2.05. The van der Waals surface area contributed by atoms with E-state index in [1.165, 1.54) is 0 Å². The van der Waals surface area contributed by atoms with Gasteiger partial charge in [0.15, 0.2) is 0 Å². The second-order valence-electron chi connectivity index (χ2n) is 7.56. The smallest absolute Gasteiger partial charge is 0.221 e. The molecule has 0 aliphatic rings. The Morgan fingerprint density at radius 3 is 2.71 bits per heavy atom. The van der Waals surface area contributed by atoms with Gasteiger partial charge in [-0.05, 0) is 54.3 Å². The molecule has 0 saturated heterocycles. The number of nitrogens with one attached hydrogen (secondary N) is 1. The Hall–Kier alpha value is -2.82. The summed E-state index contributed by atoms with van der Waals surface area (Å²) in [6, 6.07) is 19.5. The number of aryl methyl sites for hydroxylation is 1. The molecule has 4 aromatic rings. The van der Waals surface area contributed by atoms with Crippen molar-refractivity contribution in [2.45, 2.75) is 25.7 Å². The summed E-state index contributed by atoms with van der Waals surface area (Å²) >= 11 is 12.2. The Labute approximate surface area is 191 Å². The molecule has 0 radical (unpaired) electrons. The first-order valence-corrected chi connectivity index (χ1v) is 11.0. The van der Waals surface area contributed by atoms with Crippen LogP contribution in [0.5, 0.6) is 0 Å². The largest absolute Gasteiger partial charge is 0.356 e. The molecule has 1 N–H and O–H groups in total. The van der Waals surface area contributed by atoms with Gasteiger partial charge in [-0.1, -0.05) is 59.6 Å². The number of rotatable bonds is 7. The lowest BCUT2D eigenvalue weighted by Crippen LogP contribution is -2.28. The van der Waals surface area contributed by atoms with Crippen molar-refractivity contribution in [1.29, 1.82) is 0 Å². The van der Waals surface area contributed by atoms with Crippen LogP contribution in [-0.2, 0) is 11.2 Å². The minimum atomic E-state index is -0.0993. The van der Waals surface area contributed by atoms with Crippen LogP contribution in [0.15, 0.2) is 73.1 Å². The van der Waals surface area contributed by atoms with E-state index in [2.05, 4.69) is 33.8 Å². The Balaban J connectivity index is 1.52. The minimum absolute atomic E-state index is 0.00998. The standard InChI is InChI=1S/C25H23Cl2N3O/c1-17-6-2-3-7-20(17)21(23-16-29-24-8-4-5-13-30(23)24)15-25(31)28-12-11-18-9-10-19(26)14-22(18)27/h2-10,13-14,16,21H,11-12,15H2,1H3,(H,28,31). The zero-order valence-electron chi connectivity index (χ0n) is 17.2. The molecule has 0 saturated carbocycles. The maximum Gasteiger partial charge on any atom is 0.221 e. The summed E-state index contributed by atoms with van der Waals surface area (Å²) in [6.07, 6.45) is 4.84. The van der Waals surface area contributed by atoms with Crippen molar-refractivity contribution in [2.24, 2.45) is 0 Å². The van der Waals surface area contributed by atoms with Gasteiger partial charge in [0.2, 0.25) is 5.91 Å². The van der Waals surface area contributed by atoms with Crippen LogP contribution in [0.1, 0.15) is 34.7 Å². The van der Waals surface area contributed by atoms with Crippen LogP contribution in [0.2, 0.25) is 10.0 Å². The van der Waals surface area contributed by atoms with Crippen LogP contribution in [-0.4, -0.2) is 21.8 Å². The predicted molar refractivity (Wildman–Crippen MR) is 126 cm³/mol. The van der Waals surface area contributed by atoms with Crippen LogP contribution < -0.4 is 5.32 Å². The average Bonchev–Trinajstić information content (AvgIpc) is 3.18. The van der Waals surface area contributed by atoms with E-state index in [9.17, 15) is 4.79 Å². The summed E-state index contributed by atoms with van der Waals surface area (Å²) in [5.41, 5.74) is 5.11. The number of imidazole rings is 1. The molecular weight excluding hydrogens is 429 g/mol. The van der Waals surface area contributed by atoms with Gasteiger partial charge in [-0.25, -0.2) is 4.98 Å². The van der Waals surface area contributed by atoms with Crippen molar-refractivity contribution in [2.75, 3.05) is 6.54 Å². The van der Waals surface area contributed by atoms with Gasteiger partial charge in [0, 0.05) is 41.3 Å². The van der Waals surface area contributed by atoms with Crippen LogP contribution in [0.25, 0.3) is 5.65 Å². The molecule has 0 aliphatic carbocycles. The van der Waals surface area contributed by atoms with E-state index in [1.54, 1.807) is 6.07 Å². The molecule has 4 rings (SSSR count). The van der Waals surface area contributed by atoms with Gasteiger partial charge in [0.05, 0.1) is 5.69 Å². The van der Waals surface area contributed by atoms with E-state index in [1.807, 2.05) is 54.9 Å². The average molecular weight is 452 g/mol. The molecule has 158 valence electrons. The number of hydrogen-bond donors (Lipinski definition) is 1. The highest BCUT2D eigenvalue weighted by Crippen LogP contribution is 2.31. The zero-order chi connectivity index (χ0) is 21.8. The lowest BCUT2D eigenvalue weighted by Gasteiger charge is -2.19. The van der Waals surface area contributed by atoms with Crippen LogP contribution >= 0.6 is 23.2 Å². The number of nitrogens with zero attached hydrogens (tertiary/aromatic N) is 2. The highest BCUT2D eigenvalue weighted by Gasteiger charge is 2.23. The predicted octanol–water partition coefficient (Wildman–Crippen LogP) is 5.83. The van der Waals surface area contributed by atoms with E-state index < -0.39 is 0 Å². The van der Waals surface area contributed by atoms with Crippen molar-refractivity contribution < 1.29 is 4.79 Å². The van der Waals surface area contributed by atoms with E-state index in [0.717, 1.165) is 28.0 Å². The summed E-state index contributed by atoms with van der Waals surface area (Å²) in [7, 11) is 0. The number of benzene rings is 2. The highest BCUT2D eigenvalue weighted by atomic mass is 35.5. The normalized spacial score (nSPS) is 12.1. The molecule has 2 aromatic heterocycles. The molecule has 0 aliphatic heterocycles.